The summed E-state index contributed by atoms with van der Waals surface area (Å²) in [5, 5.41) is 5.04. The van der Waals surface area contributed by atoms with Gasteiger partial charge in [0, 0.05) is 0 Å². The largest absolute Gasteiger partial charge is 0.469 e. The van der Waals surface area contributed by atoms with Crippen LogP contribution < -0.4 is 10.6 Å². The minimum atomic E-state index is -0.604. The van der Waals surface area contributed by atoms with Crippen molar-refractivity contribution < 1.29 is 28.3 Å². The molecule has 2 heterocycles. The zero-order valence-corrected chi connectivity index (χ0v) is 13.1. The lowest BCUT2D eigenvalue weighted by Gasteiger charge is -2.26. The summed E-state index contributed by atoms with van der Waals surface area (Å²) in [6, 6.07) is 0.463. The molecule has 0 fully saturated rings. The molecule has 1 aliphatic rings. The standard InChI is InChI=1S/C15H18N2O6/c1-4-21-14(19)12-8(2)16-15(20)17-11(12)7-23-13(18)10-5-6-22-9(10)3/h5-6,8H,4,7H2,1-3H3,(H2,16,17,20)/t8-/m1/s1. The maximum atomic E-state index is 12.0. The van der Waals surface area contributed by atoms with Gasteiger partial charge >= 0.3 is 18.0 Å². The Kier molecular flexibility index (Phi) is 5.05. The zero-order valence-electron chi connectivity index (χ0n) is 13.1. The van der Waals surface area contributed by atoms with E-state index in [9.17, 15) is 14.4 Å². The van der Waals surface area contributed by atoms with E-state index in [4.69, 9.17) is 13.9 Å². The van der Waals surface area contributed by atoms with Crippen LogP contribution in [-0.2, 0) is 14.3 Å². The van der Waals surface area contributed by atoms with Gasteiger partial charge in [0.05, 0.1) is 30.2 Å². The first-order chi connectivity index (χ1) is 10.9. The van der Waals surface area contributed by atoms with E-state index in [1.165, 1.54) is 12.3 Å². The van der Waals surface area contributed by atoms with Crippen LogP contribution in [0.2, 0.25) is 0 Å². The number of furan rings is 1. The van der Waals surface area contributed by atoms with Crippen molar-refractivity contribution in [1.82, 2.24) is 10.6 Å². The number of ether oxygens (including phenoxy) is 2. The van der Waals surface area contributed by atoms with Crippen LogP contribution in [-0.4, -0.2) is 37.2 Å². The molecule has 8 nitrogen and oxygen atoms in total. The third-order valence-electron chi connectivity index (χ3n) is 3.29. The fourth-order valence-corrected chi connectivity index (χ4v) is 2.21. The molecule has 2 amide bonds. The SMILES string of the molecule is CCOC(=O)C1=C(COC(=O)c2ccoc2C)NC(=O)N[C@@H]1C. The Hall–Kier alpha value is -2.77. The molecule has 2 N–H and O–H groups in total. The summed E-state index contributed by atoms with van der Waals surface area (Å²) in [6.45, 7) is 4.90. The molecular formula is C15H18N2O6. The summed E-state index contributed by atoms with van der Waals surface area (Å²) in [7, 11) is 0. The molecule has 23 heavy (non-hydrogen) atoms. The van der Waals surface area contributed by atoms with Crippen molar-refractivity contribution in [3.8, 4) is 0 Å². The Bertz CT molecular complexity index is 661. The third-order valence-corrected chi connectivity index (χ3v) is 3.29. The van der Waals surface area contributed by atoms with Crippen molar-refractivity contribution in [1.29, 1.82) is 0 Å². The molecule has 8 heteroatoms. The molecule has 1 aliphatic heterocycles. The van der Waals surface area contributed by atoms with Crippen LogP contribution in [0.25, 0.3) is 0 Å². The quantitative estimate of drug-likeness (QED) is 0.790. The van der Waals surface area contributed by atoms with Crippen molar-refractivity contribution in [3.05, 3.63) is 34.9 Å². The highest BCUT2D eigenvalue weighted by Gasteiger charge is 2.30. The molecule has 0 aliphatic carbocycles. The fraction of sp³-hybridized carbons (Fsp3) is 0.400. The highest BCUT2D eigenvalue weighted by molar-refractivity contribution is 5.95. The van der Waals surface area contributed by atoms with Crippen molar-refractivity contribution in [3.63, 3.8) is 0 Å². The Morgan fingerprint density at radius 1 is 1.30 bits per heavy atom. The number of nitrogens with one attached hydrogen (secondary N) is 2. The smallest absolute Gasteiger partial charge is 0.342 e. The number of urea groups is 1. The molecule has 0 aromatic carbocycles. The summed E-state index contributed by atoms with van der Waals surface area (Å²) in [5.74, 6) is -0.747. The van der Waals surface area contributed by atoms with E-state index in [-0.39, 0.29) is 30.0 Å². The average molecular weight is 322 g/mol. The Morgan fingerprint density at radius 3 is 2.65 bits per heavy atom. The number of rotatable bonds is 5. The second kappa shape index (κ2) is 6.99. The highest BCUT2D eigenvalue weighted by atomic mass is 16.5. The second-order valence-electron chi connectivity index (χ2n) is 4.90. The third kappa shape index (κ3) is 3.71. The van der Waals surface area contributed by atoms with Gasteiger partial charge in [0.25, 0.3) is 0 Å². The van der Waals surface area contributed by atoms with E-state index >= 15 is 0 Å². The number of esters is 2. The van der Waals surface area contributed by atoms with Gasteiger partial charge in [0.2, 0.25) is 0 Å². The van der Waals surface area contributed by atoms with Gasteiger partial charge in [-0.05, 0) is 26.8 Å². The Morgan fingerprint density at radius 2 is 2.04 bits per heavy atom. The van der Waals surface area contributed by atoms with Gasteiger partial charge in [-0.2, -0.15) is 0 Å². The molecule has 2 rings (SSSR count). The predicted molar refractivity (Wildman–Crippen MR) is 78.5 cm³/mol. The van der Waals surface area contributed by atoms with Crippen LogP contribution in [0.5, 0.6) is 0 Å². The molecule has 0 saturated carbocycles. The molecule has 1 aromatic rings. The van der Waals surface area contributed by atoms with Gasteiger partial charge in [-0.1, -0.05) is 0 Å². The molecule has 0 saturated heterocycles. The van der Waals surface area contributed by atoms with Crippen molar-refractivity contribution in [2.75, 3.05) is 13.2 Å². The fourth-order valence-electron chi connectivity index (χ4n) is 2.21. The van der Waals surface area contributed by atoms with Crippen LogP contribution in [0.15, 0.2) is 28.0 Å². The maximum Gasteiger partial charge on any atom is 0.342 e. The van der Waals surface area contributed by atoms with Gasteiger partial charge in [0.15, 0.2) is 0 Å². The Labute approximate surface area is 132 Å². The highest BCUT2D eigenvalue weighted by Crippen LogP contribution is 2.16. The monoisotopic (exact) mass is 322 g/mol. The molecule has 0 bridgehead atoms. The van der Waals surface area contributed by atoms with Crippen LogP contribution in [0.1, 0.15) is 30.0 Å². The van der Waals surface area contributed by atoms with Gasteiger partial charge in [0.1, 0.15) is 17.9 Å². The van der Waals surface area contributed by atoms with E-state index < -0.39 is 24.0 Å². The zero-order chi connectivity index (χ0) is 17.0. The first-order valence-electron chi connectivity index (χ1n) is 7.13. The first-order valence-corrected chi connectivity index (χ1v) is 7.13. The number of hydrogen-bond donors (Lipinski definition) is 2. The minimum absolute atomic E-state index is 0.199. The normalized spacial score (nSPS) is 17.3. The van der Waals surface area contributed by atoms with Gasteiger partial charge in [-0.3, -0.25) is 0 Å². The molecule has 1 atom stereocenters. The molecule has 0 radical (unpaired) electrons. The first kappa shape index (κ1) is 16.6. The average Bonchev–Trinajstić information content (AvgIpc) is 2.90. The van der Waals surface area contributed by atoms with Crippen LogP contribution >= 0.6 is 0 Å². The van der Waals surface area contributed by atoms with Crippen LogP contribution in [0.3, 0.4) is 0 Å². The van der Waals surface area contributed by atoms with E-state index in [0.717, 1.165) is 0 Å². The van der Waals surface area contributed by atoms with E-state index in [2.05, 4.69) is 10.6 Å². The molecular weight excluding hydrogens is 304 g/mol. The second-order valence-corrected chi connectivity index (χ2v) is 4.90. The lowest BCUT2D eigenvalue weighted by atomic mass is 10.0. The minimum Gasteiger partial charge on any atom is -0.469 e. The summed E-state index contributed by atoms with van der Waals surface area (Å²) in [6.07, 6.45) is 1.38. The molecule has 0 unspecified atom stereocenters. The Balaban J connectivity index is 2.17. The van der Waals surface area contributed by atoms with Gasteiger partial charge < -0.3 is 24.5 Å². The molecule has 124 valence electrons. The topological polar surface area (TPSA) is 107 Å². The molecule has 1 aromatic heterocycles. The van der Waals surface area contributed by atoms with Gasteiger partial charge in [-0.25, -0.2) is 14.4 Å². The van der Waals surface area contributed by atoms with Gasteiger partial charge in [-0.15, -0.1) is 0 Å². The summed E-state index contributed by atoms with van der Waals surface area (Å²) < 4.78 is 15.2. The van der Waals surface area contributed by atoms with E-state index in [0.29, 0.717) is 5.76 Å². The lowest BCUT2D eigenvalue weighted by Crippen LogP contribution is -2.50. The molecule has 0 spiro atoms. The number of carbonyl (C=O) groups is 3. The van der Waals surface area contributed by atoms with Crippen LogP contribution in [0, 0.1) is 6.92 Å². The van der Waals surface area contributed by atoms with Crippen LogP contribution in [0.4, 0.5) is 4.79 Å². The van der Waals surface area contributed by atoms with Crippen molar-refractivity contribution >= 4 is 18.0 Å². The lowest BCUT2D eigenvalue weighted by molar-refractivity contribution is -0.139. The van der Waals surface area contributed by atoms with Crippen molar-refractivity contribution in [2.24, 2.45) is 0 Å². The number of hydrogen-bond acceptors (Lipinski definition) is 6. The number of amides is 2. The predicted octanol–water partition coefficient (Wildman–Crippen LogP) is 1.26. The number of aryl methyl sites for hydroxylation is 1. The maximum absolute atomic E-state index is 12.0. The van der Waals surface area contributed by atoms with E-state index in [1.54, 1.807) is 20.8 Å². The summed E-state index contributed by atoms with van der Waals surface area (Å²) >= 11 is 0. The van der Waals surface area contributed by atoms with E-state index in [1.807, 2.05) is 0 Å². The number of carbonyl (C=O) groups excluding carboxylic acids is 3. The van der Waals surface area contributed by atoms with Crippen molar-refractivity contribution in [2.45, 2.75) is 26.8 Å². The summed E-state index contributed by atoms with van der Waals surface area (Å²) in [4.78, 5) is 35.6. The summed E-state index contributed by atoms with van der Waals surface area (Å²) in [5.41, 5.74) is 0.717.